The molecule has 3 heteroatoms. The molecule has 0 amide bonds. The summed E-state index contributed by atoms with van der Waals surface area (Å²) in [5.41, 5.74) is 10.1. The van der Waals surface area contributed by atoms with Gasteiger partial charge in [0, 0.05) is 53.0 Å². The average molecular weight is 592 g/mol. The number of furan rings is 1. The molecule has 2 nitrogen and oxygen atoms in total. The van der Waals surface area contributed by atoms with Crippen molar-refractivity contribution in [2.24, 2.45) is 0 Å². The molecule has 0 aliphatic rings. The average Bonchev–Trinajstić information content (AvgIpc) is 3.78. The van der Waals surface area contributed by atoms with Crippen molar-refractivity contribution in [2.45, 2.75) is 0 Å². The standard InChI is InChI=1S/C42H25NOS/c1-4-13-35-33(9-1)40-36(24-25-39-41(40)34-10-3-6-15-38(34)45-39)43(35)29-22-20-27(21-23-29)26-16-18-28(19-17-26)30-11-7-12-32-31-8-2-5-14-37(31)44-42(30)32/h1-25H. The zero-order valence-electron chi connectivity index (χ0n) is 24.2. The van der Waals surface area contributed by atoms with Crippen molar-refractivity contribution < 1.29 is 4.42 Å². The van der Waals surface area contributed by atoms with Crippen LogP contribution in [0.3, 0.4) is 0 Å². The Kier molecular flexibility index (Phi) is 5.19. The van der Waals surface area contributed by atoms with Gasteiger partial charge in [-0.1, -0.05) is 109 Å². The highest BCUT2D eigenvalue weighted by atomic mass is 32.1. The summed E-state index contributed by atoms with van der Waals surface area (Å²) < 4.78 is 11.4. The van der Waals surface area contributed by atoms with E-state index in [1.165, 1.54) is 53.1 Å². The van der Waals surface area contributed by atoms with Crippen LogP contribution in [-0.4, -0.2) is 4.57 Å². The summed E-state index contributed by atoms with van der Waals surface area (Å²) in [5.74, 6) is 0. The first-order valence-electron chi connectivity index (χ1n) is 15.3. The molecular formula is C42H25NOS. The van der Waals surface area contributed by atoms with Crippen molar-refractivity contribution in [2.75, 3.05) is 0 Å². The second-order valence-corrected chi connectivity index (χ2v) is 12.8. The largest absolute Gasteiger partial charge is 0.455 e. The second-order valence-electron chi connectivity index (χ2n) is 11.7. The lowest BCUT2D eigenvalue weighted by Gasteiger charge is -2.10. The van der Waals surface area contributed by atoms with Gasteiger partial charge in [0.25, 0.3) is 0 Å². The van der Waals surface area contributed by atoms with E-state index in [0.717, 1.165) is 38.8 Å². The molecule has 0 N–H and O–H groups in total. The number of benzene rings is 7. The lowest BCUT2D eigenvalue weighted by atomic mass is 9.98. The smallest absolute Gasteiger partial charge is 0.143 e. The lowest BCUT2D eigenvalue weighted by molar-refractivity contribution is 0.670. The molecule has 0 spiro atoms. The normalized spacial score (nSPS) is 12.0. The molecule has 3 heterocycles. The van der Waals surface area contributed by atoms with Gasteiger partial charge >= 0.3 is 0 Å². The quantitative estimate of drug-likeness (QED) is 0.200. The van der Waals surface area contributed by atoms with E-state index in [-0.39, 0.29) is 0 Å². The van der Waals surface area contributed by atoms with E-state index < -0.39 is 0 Å². The molecule has 0 fully saturated rings. The summed E-state index contributed by atoms with van der Waals surface area (Å²) in [7, 11) is 0. The number of hydrogen-bond donors (Lipinski definition) is 0. The van der Waals surface area contributed by atoms with Crippen LogP contribution in [-0.2, 0) is 0 Å². The second kappa shape index (κ2) is 9.43. The fraction of sp³-hybridized carbons (Fsp3) is 0. The van der Waals surface area contributed by atoms with Crippen LogP contribution in [0.2, 0.25) is 0 Å². The molecule has 7 aromatic carbocycles. The summed E-state index contributed by atoms with van der Waals surface area (Å²) in [4.78, 5) is 0. The summed E-state index contributed by atoms with van der Waals surface area (Å²) in [6.45, 7) is 0. The third kappa shape index (κ3) is 3.62. The molecule has 0 unspecified atom stereocenters. The number of para-hydroxylation sites is 3. The van der Waals surface area contributed by atoms with Crippen molar-refractivity contribution >= 4 is 75.3 Å². The van der Waals surface area contributed by atoms with E-state index in [1.807, 2.05) is 23.5 Å². The fourth-order valence-corrected chi connectivity index (χ4v) is 8.29. The fourth-order valence-electron chi connectivity index (χ4n) is 7.17. The molecule has 210 valence electrons. The van der Waals surface area contributed by atoms with Crippen LogP contribution in [0.4, 0.5) is 0 Å². The molecule has 3 aromatic heterocycles. The highest BCUT2D eigenvalue weighted by Gasteiger charge is 2.18. The van der Waals surface area contributed by atoms with Crippen LogP contribution in [0, 0.1) is 0 Å². The Morgan fingerprint density at radius 3 is 1.93 bits per heavy atom. The van der Waals surface area contributed by atoms with Gasteiger partial charge in [0.05, 0.1) is 11.0 Å². The number of fused-ring (bicyclic) bond motifs is 10. The third-order valence-electron chi connectivity index (χ3n) is 9.24. The summed E-state index contributed by atoms with van der Waals surface area (Å²) in [6.07, 6.45) is 0. The van der Waals surface area contributed by atoms with Crippen LogP contribution >= 0.6 is 11.3 Å². The number of rotatable bonds is 3. The molecule has 0 saturated carbocycles. The topological polar surface area (TPSA) is 18.1 Å². The minimum absolute atomic E-state index is 0.924. The van der Waals surface area contributed by atoms with Crippen molar-refractivity contribution in [3.63, 3.8) is 0 Å². The van der Waals surface area contributed by atoms with E-state index in [9.17, 15) is 0 Å². The number of aromatic nitrogens is 1. The van der Waals surface area contributed by atoms with E-state index in [2.05, 4.69) is 144 Å². The van der Waals surface area contributed by atoms with Gasteiger partial charge in [0.15, 0.2) is 0 Å². The van der Waals surface area contributed by atoms with Crippen molar-refractivity contribution in [1.29, 1.82) is 0 Å². The van der Waals surface area contributed by atoms with Crippen molar-refractivity contribution in [3.05, 3.63) is 152 Å². The highest BCUT2D eigenvalue weighted by molar-refractivity contribution is 7.26. The molecule has 0 atom stereocenters. The molecule has 0 aliphatic heterocycles. The van der Waals surface area contributed by atoms with Crippen molar-refractivity contribution in [1.82, 2.24) is 4.57 Å². The van der Waals surface area contributed by atoms with E-state index in [4.69, 9.17) is 4.42 Å². The first-order valence-corrected chi connectivity index (χ1v) is 16.1. The first kappa shape index (κ1) is 24.8. The molecule has 0 radical (unpaired) electrons. The maximum atomic E-state index is 6.30. The Labute approximate surface area is 263 Å². The maximum Gasteiger partial charge on any atom is 0.143 e. The number of hydrogen-bond acceptors (Lipinski definition) is 2. The molecule has 0 bridgehead atoms. The van der Waals surface area contributed by atoms with E-state index in [1.54, 1.807) is 0 Å². The zero-order valence-corrected chi connectivity index (χ0v) is 25.0. The summed E-state index contributed by atoms with van der Waals surface area (Å²) >= 11 is 1.88. The minimum atomic E-state index is 0.924. The Hall–Kier alpha value is -5.64. The molecule has 0 saturated heterocycles. The third-order valence-corrected chi connectivity index (χ3v) is 10.4. The van der Waals surface area contributed by atoms with Crippen LogP contribution < -0.4 is 0 Å². The van der Waals surface area contributed by atoms with Crippen LogP contribution in [0.1, 0.15) is 0 Å². The Bertz CT molecular complexity index is 2740. The summed E-state index contributed by atoms with van der Waals surface area (Å²) in [6, 6.07) is 54.6. The Morgan fingerprint density at radius 1 is 0.422 bits per heavy atom. The predicted molar refractivity (Wildman–Crippen MR) is 192 cm³/mol. The van der Waals surface area contributed by atoms with Crippen molar-refractivity contribution in [3.8, 4) is 27.9 Å². The van der Waals surface area contributed by atoms with Gasteiger partial charge in [0.1, 0.15) is 11.2 Å². The van der Waals surface area contributed by atoms with Gasteiger partial charge in [-0.3, -0.25) is 0 Å². The van der Waals surface area contributed by atoms with Gasteiger partial charge in [-0.15, -0.1) is 11.3 Å². The minimum Gasteiger partial charge on any atom is -0.455 e. The maximum absolute atomic E-state index is 6.30. The van der Waals surface area contributed by atoms with Crippen LogP contribution in [0.25, 0.3) is 91.9 Å². The monoisotopic (exact) mass is 591 g/mol. The Balaban J connectivity index is 1.06. The lowest BCUT2D eigenvalue weighted by Crippen LogP contribution is -1.93. The summed E-state index contributed by atoms with van der Waals surface area (Å²) in [5, 5.41) is 7.63. The molecule has 45 heavy (non-hydrogen) atoms. The molecular weight excluding hydrogens is 567 g/mol. The van der Waals surface area contributed by atoms with Crippen LogP contribution in [0.5, 0.6) is 0 Å². The van der Waals surface area contributed by atoms with Crippen LogP contribution in [0.15, 0.2) is 156 Å². The van der Waals surface area contributed by atoms with Gasteiger partial charge in [-0.25, -0.2) is 0 Å². The predicted octanol–water partition coefficient (Wildman–Crippen LogP) is 12.4. The molecule has 10 rings (SSSR count). The molecule has 0 aliphatic carbocycles. The van der Waals surface area contributed by atoms with E-state index in [0.29, 0.717) is 0 Å². The first-order chi connectivity index (χ1) is 22.3. The SMILES string of the molecule is c1ccc2c(c1)oc1c(-c3ccc(-c4ccc(-n5c6ccccc6c6c7c(ccc65)sc5ccccc57)cc4)cc3)cccc12. The van der Waals surface area contributed by atoms with Gasteiger partial charge < -0.3 is 8.98 Å². The molecule has 10 aromatic rings. The van der Waals surface area contributed by atoms with Gasteiger partial charge in [-0.2, -0.15) is 0 Å². The van der Waals surface area contributed by atoms with Gasteiger partial charge in [-0.05, 0) is 59.2 Å². The zero-order chi connectivity index (χ0) is 29.5. The number of thiophene rings is 1. The van der Waals surface area contributed by atoms with Gasteiger partial charge in [0.2, 0.25) is 0 Å². The van der Waals surface area contributed by atoms with E-state index >= 15 is 0 Å². The Morgan fingerprint density at radius 2 is 1.09 bits per heavy atom. The highest BCUT2D eigenvalue weighted by Crippen LogP contribution is 2.43. The number of nitrogens with zero attached hydrogens (tertiary/aromatic N) is 1.